The molecule has 3 fully saturated rings. The summed E-state index contributed by atoms with van der Waals surface area (Å²) in [5, 5.41) is 54.3. The van der Waals surface area contributed by atoms with Crippen LogP contribution in [-0.4, -0.2) is 208 Å². The van der Waals surface area contributed by atoms with Crippen LogP contribution in [0.25, 0.3) is 99.2 Å². The zero-order valence-corrected chi connectivity index (χ0v) is 86.0. The van der Waals surface area contributed by atoms with Crippen LogP contribution in [0.4, 0.5) is 24.5 Å². The normalized spacial score (nSPS) is 14.5. The van der Waals surface area contributed by atoms with Crippen LogP contribution in [0.1, 0.15) is 125 Å². The smallest absolute Gasteiger partial charge is 0.480 e. The molecule has 3 aliphatic rings. The van der Waals surface area contributed by atoms with Gasteiger partial charge in [-0.15, -0.1) is 12.4 Å². The summed E-state index contributed by atoms with van der Waals surface area (Å²) < 4.78 is 62.5. The molecule has 8 aromatic carbocycles. The minimum absolute atomic E-state index is 0. The van der Waals surface area contributed by atoms with Crippen LogP contribution >= 0.6 is 51.5 Å². The molecule has 0 radical (unpaired) electrons. The molecule has 1 saturated carbocycles. The van der Waals surface area contributed by atoms with E-state index in [2.05, 4.69) is 92.1 Å². The van der Waals surface area contributed by atoms with Gasteiger partial charge in [-0.25, -0.2) is 48.7 Å². The Bertz CT molecular complexity index is 7620. The maximum Gasteiger partial charge on any atom is 0.491 e. The number of carboxylic acid groups (broad SMARTS) is 1. The number of hydrogen-bond donors (Lipinski definition) is 10. The van der Waals surface area contributed by atoms with E-state index in [1.807, 2.05) is 19.1 Å². The highest BCUT2D eigenvalue weighted by Gasteiger charge is 2.48. The van der Waals surface area contributed by atoms with Gasteiger partial charge in [-0.05, 0) is 168 Å². The van der Waals surface area contributed by atoms with Gasteiger partial charge >= 0.3 is 25.0 Å². The number of hydrogen-bond acceptors (Lipinski definition) is 27. The lowest BCUT2D eigenvalue weighted by Crippen LogP contribution is -2.44. The number of anilines is 2. The number of fused-ring (bicyclic) bond motifs is 5. The number of esters is 2. The molecule has 39 nitrogen and oxygen atoms in total. The molecule has 10 heterocycles. The molecule has 2 saturated heterocycles. The lowest BCUT2D eigenvalue weighted by Gasteiger charge is -2.24. The molecule has 2 aliphatic heterocycles. The van der Waals surface area contributed by atoms with Gasteiger partial charge in [0.2, 0.25) is 17.7 Å². The summed E-state index contributed by atoms with van der Waals surface area (Å²) in [5.41, 5.74) is 30.1. The molecule has 5 atom stereocenters. The van der Waals surface area contributed by atoms with Crippen molar-refractivity contribution in [1.82, 2.24) is 89.2 Å². The number of ether oxygens (including phenoxy) is 2. The van der Waals surface area contributed by atoms with E-state index in [0.717, 1.165) is 57.1 Å². The van der Waals surface area contributed by atoms with Crippen molar-refractivity contribution in [3.05, 3.63) is 282 Å². The summed E-state index contributed by atoms with van der Waals surface area (Å²) in [7, 11) is 0.284. The first-order valence-electron chi connectivity index (χ1n) is 46.7. The Labute approximate surface area is 882 Å². The van der Waals surface area contributed by atoms with Crippen LogP contribution < -0.4 is 44.3 Å². The lowest BCUT2D eigenvalue weighted by atomic mass is 9.83. The van der Waals surface area contributed by atoms with Crippen LogP contribution in [0.2, 0.25) is 10.0 Å². The van der Waals surface area contributed by atoms with Crippen molar-refractivity contribution < 1.29 is 87.1 Å². The van der Waals surface area contributed by atoms with Crippen molar-refractivity contribution in [3.8, 4) is 55.6 Å². The fourth-order valence-corrected chi connectivity index (χ4v) is 17.1. The molecule has 47 heteroatoms. The van der Waals surface area contributed by atoms with E-state index in [1.54, 1.807) is 218 Å². The number of amides is 7. The molecule has 16 aromatic rings. The number of nitrogens with one attached hydrogen (secondary N) is 3. The predicted octanol–water partition coefficient (Wildman–Crippen LogP) is 13.8. The minimum atomic E-state index is -1.47. The SMILES string of the molecule is CC(C)(C)OC(=O)Cn1nc(C(N)=O)c2cc(-c3cncnc3)ccc21.CC(C)(C)OC(=O)Cn1nc(C(N)=O)c2cc(Br)ccc21.CC[C@@H]1C[C@@H](C(=O)Nc2cccc(-c3ccccc3Cl)c2F)N(C(=O)Cn2nc(C(N)=O)c3cc(-c4cncnc4)ccc32)C1.CF.Cl.NC(=O)c1nn(CC(=O)O)c2ccc(-c3cncnc3)cc12.O=C(Nc1cccc(-c2ccccc2Cl)c1F)[C@@H]1C[C@H]2C[C@H]2N1.OB(O)c1cncnc1.[2H]C. The Kier molecular flexibility index (Phi) is 38.2. The highest BCUT2D eigenvalue weighted by Crippen LogP contribution is 2.42. The Hall–Kier alpha value is -16.3. The third kappa shape index (κ3) is 28.8. The number of alkyl halides is 1. The molecular weight excluding hydrogens is 2070 g/mol. The van der Waals surface area contributed by atoms with Gasteiger partial charge in [0.25, 0.3) is 23.6 Å². The first kappa shape index (κ1) is 112. The van der Waals surface area contributed by atoms with E-state index in [4.69, 9.17) is 72.1 Å². The fourth-order valence-electron chi connectivity index (χ4n) is 16.3. The first-order chi connectivity index (χ1) is 71.7. The van der Waals surface area contributed by atoms with Crippen molar-refractivity contribution in [2.24, 2.45) is 34.8 Å². The zero-order chi connectivity index (χ0) is 109. The molecule has 7 amide bonds. The number of likely N-dealkylation sites (tertiary alicyclic amines) is 1. The molecule has 778 valence electrons. The topological polar surface area (TPSA) is 568 Å². The number of halogens is 7. The third-order valence-corrected chi connectivity index (χ3v) is 24.2. The highest BCUT2D eigenvalue weighted by molar-refractivity contribution is 9.10. The fraction of sp³-hybridized carbons (Fsp3) is 0.243. The first-order valence-corrected chi connectivity index (χ1v) is 47.2. The lowest BCUT2D eigenvalue weighted by molar-refractivity contribution is -0.156. The van der Waals surface area contributed by atoms with Crippen LogP contribution in [0.3, 0.4) is 0 Å². The van der Waals surface area contributed by atoms with Crippen LogP contribution in [0.5, 0.6) is 0 Å². The Morgan fingerprint density at radius 2 is 0.833 bits per heavy atom. The maximum absolute atomic E-state index is 15.6. The van der Waals surface area contributed by atoms with Crippen molar-refractivity contribution in [2.45, 2.75) is 137 Å². The molecule has 0 spiro atoms. The Balaban J connectivity index is 0.000000179. The number of piperidine rings is 1. The molecule has 19 rings (SSSR count). The molecular formula is C103H104BBrCl3F3N24O15. The van der Waals surface area contributed by atoms with Gasteiger partial charge in [-0.1, -0.05) is 139 Å². The second-order valence-corrected chi connectivity index (χ2v) is 37.5. The maximum atomic E-state index is 15.6. The number of carbonyl (C=O) groups is 10. The zero-order valence-electron chi connectivity index (χ0n) is 83.1. The van der Waals surface area contributed by atoms with Gasteiger partial charge in [-0.2, -0.15) is 20.4 Å². The molecule has 150 heavy (non-hydrogen) atoms. The summed E-state index contributed by atoms with van der Waals surface area (Å²) in [6, 6.07) is 44.3. The standard InChI is InChI=1S/C33H29ClFN7O3.C18H16ClFN2O.C18H19N5O3.C14H16BrN3O3.C14H11N5O3.C4H5BN2O2.CH3F.CH4.ClH/c1-2-19-12-28(33(45)39-26-9-5-7-23(30(26)35)22-6-3-4-8-25(22)34)41(16-19)29(43)17-42-27-11-10-20(21-14-37-18-38-15-21)13-24(27)31(40-42)32(36)44;19-13-6-2-1-4-11(13)12-5-3-7-14(17(12)20)22-18(23)16-9-10-8-15(10)21-16;1-18(2,3)26-15(24)9-23-14-5-4-11(12-7-20-10-21-8-12)6-13(14)16(22-23)17(19)25;1-14(2,3)21-11(19)7-18-10-5-4-8(15)6-9(10)12(17-18)13(16)20;15-14(22)13-10-3-8(9-4-16-7-17-5-9)1-2-11(10)19(18-13)6-12(20)21;8-5(9)4-1-6-3-7-2-4;1-2;;/h3-11,13-15,18-19,28H,2,12,16-17H2,1H3,(H2,36,44)(H,39,45);1-7,10,15-16,21H,8-9H2,(H,22,23);4-8,10H,9H2,1-3H3,(H2,19,25);4-6H,7H2,1-3H3,(H2,16,20);1-5,7H,6H2,(H2,15,22)(H,20,21);1-3,8-9H;1H3;1H4;1H/t19-,28+;10-,15-,16+;;;;;;;/m11......./s1/i;;;;;;;1D;. The highest BCUT2D eigenvalue weighted by atomic mass is 79.9. The van der Waals surface area contributed by atoms with Crippen LogP contribution in [0, 0.1) is 23.5 Å². The average molecular weight is 2170 g/mol. The van der Waals surface area contributed by atoms with Crippen LogP contribution in [-0.2, 0) is 64.4 Å². The van der Waals surface area contributed by atoms with Crippen molar-refractivity contribution in [3.63, 3.8) is 0 Å². The number of carboxylic acids is 1. The Morgan fingerprint density at radius 3 is 1.18 bits per heavy atom. The van der Waals surface area contributed by atoms with Gasteiger partial charge in [0.05, 0.1) is 46.7 Å². The monoisotopic (exact) mass is 2170 g/mol. The van der Waals surface area contributed by atoms with E-state index in [1.165, 1.54) is 74.8 Å². The van der Waals surface area contributed by atoms with Gasteiger partial charge in [0.1, 0.15) is 68.7 Å². The van der Waals surface area contributed by atoms with E-state index in [-0.39, 0.29) is 102 Å². The number of nitrogens with zero attached hydrogens (tertiary/aromatic N) is 17. The Morgan fingerprint density at radius 1 is 0.480 bits per heavy atom. The summed E-state index contributed by atoms with van der Waals surface area (Å²) in [4.78, 5) is 154. The van der Waals surface area contributed by atoms with E-state index < -0.39 is 83.4 Å². The number of nitrogens with two attached hydrogens (primary N) is 4. The number of benzene rings is 8. The minimum Gasteiger partial charge on any atom is -0.480 e. The molecule has 1 aliphatic carbocycles. The summed E-state index contributed by atoms with van der Waals surface area (Å²) in [6.07, 6.45) is 21.4. The molecule has 0 unspecified atom stereocenters. The van der Waals surface area contributed by atoms with E-state index >= 15 is 4.39 Å². The average Bonchev–Trinajstić information content (AvgIpc) is 1.63. The number of primary amides is 4. The van der Waals surface area contributed by atoms with Crippen LogP contribution in [0.15, 0.2) is 237 Å². The van der Waals surface area contributed by atoms with Gasteiger partial charge in [-0.3, -0.25) is 71.1 Å². The van der Waals surface area contributed by atoms with Crippen molar-refractivity contribution >= 4 is 178 Å². The summed E-state index contributed by atoms with van der Waals surface area (Å²) >= 11 is 15.8. The number of carbonyl (C=O) groups excluding carboxylic acids is 9. The molecule has 8 aromatic heterocycles. The number of rotatable bonds is 23. The second-order valence-electron chi connectivity index (χ2n) is 35.7. The van der Waals surface area contributed by atoms with Gasteiger partial charge in [0.15, 0.2) is 34.4 Å². The largest absolute Gasteiger partial charge is 0.491 e. The summed E-state index contributed by atoms with van der Waals surface area (Å²) in [5.74, 6) is -6.10. The van der Waals surface area contributed by atoms with Crippen molar-refractivity contribution in [1.29, 1.82) is 0 Å². The quantitative estimate of drug-likeness (QED) is 0.0210. The third-order valence-electron chi connectivity index (χ3n) is 23.0. The second kappa shape index (κ2) is 50.9. The predicted molar refractivity (Wildman–Crippen MR) is 564 cm³/mol. The molecule has 0 bridgehead atoms. The van der Waals surface area contributed by atoms with E-state index in [0.29, 0.717) is 108 Å². The van der Waals surface area contributed by atoms with Gasteiger partial charge in [0, 0.05) is 144 Å². The van der Waals surface area contributed by atoms with E-state index in [9.17, 15) is 56.7 Å². The number of aliphatic carboxylic acids is 1. The summed E-state index contributed by atoms with van der Waals surface area (Å²) in [6.45, 7) is 12.3. The molecule has 14 N–H and O–H groups in total. The van der Waals surface area contributed by atoms with Crippen molar-refractivity contribution in [2.75, 3.05) is 24.4 Å². The van der Waals surface area contributed by atoms with Gasteiger partial charge < -0.3 is 68.4 Å². The number of aromatic nitrogens is 16.